The number of nitrogens with one attached hydrogen (secondary N) is 1. The summed E-state index contributed by atoms with van der Waals surface area (Å²) in [5.41, 5.74) is 0. The first-order valence-electron chi connectivity index (χ1n) is 2.25. The van der Waals surface area contributed by atoms with Crippen molar-refractivity contribution in [3.8, 4) is 0 Å². The topological polar surface area (TPSA) is 49.4 Å². The molecular formula is C4H7ClN2O2. The van der Waals surface area contributed by atoms with Crippen LogP contribution >= 0.6 is 12.4 Å². The van der Waals surface area contributed by atoms with Crippen molar-refractivity contribution in [2.75, 3.05) is 13.6 Å². The Labute approximate surface area is 58.6 Å². The number of amides is 3. The number of carbonyl (C=O) groups excluding carboxylic acids is 2. The number of nitrogens with zero attached hydrogens (tertiary/aromatic N) is 1. The quantitative estimate of drug-likeness (QED) is 0.478. The van der Waals surface area contributed by atoms with Crippen molar-refractivity contribution >= 4 is 24.3 Å². The summed E-state index contributed by atoms with van der Waals surface area (Å²) in [6.07, 6.45) is 0. The van der Waals surface area contributed by atoms with E-state index in [1.807, 2.05) is 0 Å². The summed E-state index contributed by atoms with van der Waals surface area (Å²) in [6, 6.07) is -0.310. The second-order valence-electron chi connectivity index (χ2n) is 1.71. The van der Waals surface area contributed by atoms with Crippen molar-refractivity contribution in [2.24, 2.45) is 0 Å². The van der Waals surface area contributed by atoms with Crippen molar-refractivity contribution in [1.82, 2.24) is 10.2 Å². The third kappa shape index (κ3) is 1.57. The van der Waals surface area contributed by atoms with Crippen molar-refractivity contribution in [3.63, 3.8) is 0 Å². The molecule has 0 spiro atoms. The minimum Gasteiger partial charge on any atom is -0.318 e. The van der Waals surface area contributed by atoms with Crippen LogP contribution in [0.5, 0.6) is 0 Å². The summed E-state index contributed by atoms with van der Waals surface area (Å²) >= 11 is 0. The fourth-order valence-corrected chi connectivity index (χ4v) is 0.541. The highest BCUT2D eigenvalue weighted by Crippen LogP contribution is 1.90. The predicted molar refractivity (Wildman–Crippen MR) is 33.4 cm³/mol. The lowest BCUT2D eigenvalue weighted by molar-refractivity contribution is -0.118. The van der Waals surface area contributed by atoms with E-state index in [0.717, 1.165) is 0 Å². The highest BCUT2D eigenvalue weighted by Gasteiger charge is 2.21. The molecule has 4 nitrogen and oxygen atoms in total. The maximum atomic E-state index is 10.4. The highest BCUT2D eigenvalue weighted by atomic mass is 35.5. The number of hydrogen-bond acceptors (Lipinski definition) is 2. The average molecular weight is 151 g/mol. The lowest BCUT2D eigenvalue weighted by Crippen LogP contribution is -2.24. The Bertz CT molecular complexity index is 148. The van der Waals surface area contributed by atoms with E-state index < -0.39 is 0 Å². The predicted octanol–water partition coefficient (Wildman–Crippen LogP) is -0.410. The Morgan fingerprint density at radius 3 is 2.22 bits per heavy atom. The van der Waals surface area contributed by atoms with Gasteiger partial charge in [0.25, 0.3) is 0 Å². The smallest absolute Gasteiger partial charge is 0.318 e. The van der Waals surface area contributed by atoms with E-state index in [4.69, 9.17) is 0 Å². The molecule has 0 aromatic rings. The molecule has 5 heteroatoms. The van der Waals surface area contributed by atoms with Crippen LogP contribution in [-0.2, 0) is 4.79 Å². The summed E-state index contributed by atoms with van der Waals surface area (Å²) in [5.74, 6) is -0.225. The average Bonchev–Trinajstić information content (AvgIpc) is 1.85. The van der Waals surface area contributed by atoms with Crippen LogP contribution in [0.25, 0.3) is 0 Å². The van der Waals surface area contributed by atoms with Gasteiger partial charge in [-0.25, -0.2) is 4.79 Å². The van der Waals surface area contributed by atoms with Gasteiger partial charge in [-0.3, -0.25) is 10.1 Å². The Morgan fingerprint density at radius 1 is 1.56 bits per heavy atom. The van der Waals surface area contributed by atoms with E-state index in [2.05, 4.69) is 5.32 Å². The minimum atomic E-state index is -0.310. The maximum absolute atomic E-state index is 10.4. The number of carbonyl (C=O) groups is 2. The standard InChI is InChI=1S/C4H6N2O2.ClH/c1-6-2-3(7)5-4(6)8;/h2H2,1H3,(H,5,7,8);1H. The fraction of sp³-hybridized carbons (Fsp3) is 0.500. The normalized spacial score (nSPS) is 17.2. The highest BCUT2D eigenvalue weighted by molar-refractivity contribution is 6.01. The lowest BCUT2D eigenvalue weighted by Gasteiger charge is -1.99. The molecule has 3 amide bonds. The molecule has 0 bridgehead atoms. The maximum Gasteiger partial charge on any atom is 0.324 e. The largest absolute Gasteiger partial charge is 0.324 e. The first-order valence-corrected chi connectivity index (χ1v) is 2.25. The van der Waals surface area contributed by atoms with Crippen LogP contribution in [0.3, 0.4) is 0 Å². The minimum absolute atomic E-state index is 0. The second kappa shape index (κ2) is 2.68. The zero-order chi connectivity index (χ0) is 6.15. The summed E-state index contributed by atoms with van der Waals surface area (Å²) < 4.78 is 0. The van der Waals surface area contributed by atoms with E-state index in [-0.39, 0.29) is 30.9 Å². The summed E-state index contributed by atoms with van der Waals surface area (Å²) in [7, 11) is 1.57. The van der Waals surface area contributed by atoms with E-state index >= 15 is 0 Å². The number of hydrogen-bond donors (Lipinski definition) is 1. The number of rotatable bonds is 0. The van der Waals surface area contributed by atoms with Gasteiger partial charge in [-0.1, -0.05) is 0 Å². The van der Waals surface area contributed by atoms with Gasteiger partial charge >= 0.3 is 6.03 Å². The van der Waals surface area contributed by atoms with Crippen molar-refractivity contribution in [3.05, 3.63) is 0 Å². The Morgan fingerprint density at radius 2 is 2.11 bits per heavy atom. The second-order valence-corrected chi connectivity index (χ2v) is 1.71. The SMILES string of the molecule is CN1CC(=O)NC1=O.Cl. The van der Waals surface area contributed by atoms with Gasteiger partial charge in [-0.05, 0) is 0 Å². The summed E-state index contributed by atoms with van der Waals surface area (Å²) in [4.78, 5) is 22.0. The molecule has 0 saturated carbocycles. The third-order valence-corrected chi connectivity index (χ3v) is 0.974. The molecule has 0 aliphatic carbocycles. The van der Waals surface area contributed by atoms with E-state index in [0.29, 0.717) is 0 Å². The van der Waals surface area contributed by atoms with Crippen LogP contribution in [0.4, 0.5) is 4.79 Å². The van der Waals surface area contributed by atoms with Crippen molar-refractivity contribution in [1.29, 1.82) is 0 Å². The van der Waals surface area contributed by atoms with Gasteiger partial charge in [0.1, 0.15) is 6.54 Å². The van der Waals surface area contributed by atoms with Crippen LogP contribution in [0.1, 0.15) is 0 Å². The molecule has 0 aromatic carbocycles. The first kappa shape index (κ1) is 8.23. The Kier molecular flexibility index (Phi) is 2.45. The monoisotopic (exact) mass is 150 g/mol. The molecule has 52 valence electrons. The molecule has 0 atom stereocenters. The van der Waals surface area contributed by atoms with Crippen molar-refractivity contribution in [2.45, 2.75) is 0 Å². The van der Waals surface area contributed by atoms with Crippen LogP contribution < -0.4 is 5.32 Å². The molecule has 0 radical (unpaired) electrons. The molecule has 1 rings (SSSR count). The molecule has 1 aliphatic rings. The van der Waals surface area contributed by atoms with Gasteiger partial charge in [0.2, 0.25) is 5.91 Å². The van der Waals surface area contributed by atoms with E-state index in [9.17, 15) is 9.59 Å². The van der Waals surface area contributed by atoms with Gasteiger partial charge in [0, 0.05) is 7.05 Å². The Hall–Kier alpha value is -0.770. The molecule has 0 aromatic heterocycles. The summed E-state index contributed by atoms with van der Waals surface area (Å²) in [6.45, 7) is 0.193. The van der Waals surface area contributed by atoms with Gasteiger partial charge < -0.3 is 4.90 Å². The van der Waals surface area contributed by atoms with Crippen LogP contribution in [0.15, 0.2) is 0 Å². The van der Waals surface area contributed by atoms with Crippen molar-refractivity contribution < 1.29 is 9.59 Å². The number of imide groups is 1. The van der Waals surface area contributed by atoms with Crippen LogP contribution in [0, 0.1) is 0 Å². The fourth-order valence-electron chi connectivity index (χ4n) is 0.541. The first-order chi connectivity index (χ1) is 3.70. The zero-order valence-electron chi connectivity index (χ0n) is 4.88. The molecule has 1 saturated heterocycles. The van der Waals surface area contributed by atoms with E-state index in [1.54, 1.807) is 7.05 Å². The van der Waals surface area contributed by atoms with E-state index in [1.165, 1.54) is 4.90 Å². The molecule has 1 N–H and O–H groups in total. The van der Waals surface area contributed by atoms with Gasteiger partial charge in [0.05, 0.1) is 0 Å². The molecule has 1 aliphatic heterocycles. The van der Waals surface area contributed by atoms with Crippen LogP contribution in [0.2, 0.25) is 0 Å². The number of halogens is 1. The molecule has 0 unspecified atom stereocenters. The third-order valence-electron chi connectivity index (χ3n) is 0.974. The molecular weight excluding hydrogens is 144 g/mol. The van der Waals surface area contributed by atoms with Gasteiger partial charge in [0.15, 0.2) is 0 Å². The summed E-state index contributed by atoms with van der Waals surface area (Å²) in [5, 5.41) is 2.11. The molecule has 1 heterocycles. The Balaban J connectivity index is 0.000000640. The van der Waals surface area contributed by atoms with Gasteiger partial charge in [-0.2, -0.15) is 0 Å². The molecule has 9 heavy (non-hydrogen) atoms. The van der Waals surface area contributed by atoms with Crippen LogP contribution in [-0.4, -0.2) is 30.4 Å². The molecule has 1 fully saturated rings. The number of urea groups is 1. The van der Waals surface area contributed by atoms with Gasteiger partial charge in [-0.15, -0.1) is 12.4 Å². The number of likely N-dealkylation sites (N-methyl/N-ethyl adjacent to an activating group) is 1. The zero-order valence-corrected chi connectivity index (χ0v) is 5.70. The lowest BCUT2D eigenvalue weighted by atomic mass is 10.6.